The standard InChI is InChI=1S/C18H13Cl3N4O2/c19-13-3-1-11(2-4-13)10-25-6-5-16(24-25)18(27)23-22-9-12-7-14(20)8-15(21)17(12)26/h1-9,26H,10H2,(H,23,27)/b22-9+. The van der Waals surface area contributed by atoms with Crippen LogP contribution in [-0.4, -0.2) is 27.0 Å². The molecule has 0 spiro atoms. The third-order valence-corrected chi connectivity index (χ3v) is 4.32. The van der Waals surface area contributed by atoms with Gasteiger partial charge < -0.3 is 5.11 Å². The van der Waals surface area contributed by atoms with Crippen LogP contribution in [0.4, 0.5) is 0 Å². The molecule has 9 heteroatoms. The molecule has 0 aliphatic heterocycles. The van der Waals surface area contributed by atoms with E-state index in [0.29, 0.717) is 16.6 Å². The maximum Gasteiger partial charge on any atom is 0.291 e. The van der Waals surface area contributed by atoms with Gasteiger partial charge in [-0.2, -0.15) is 10.2 Å². The van der Waals surface area contributed by atoms with Gasteiger partial charge in [0.05, 0.1) is 17.8 Å². The topological polar surface area (TPSA) is 79.5 Å². The summed E-state index contributed by atoms with van der Waals surface area (Å²) in [5.74, 6) is -0.667. The van der Waals surface area contributed by atoms with E-state index in [1.807, 2.05) is 12.1 Å². The van der Waals surface area contributed by atoms with E-state index in [2.05, 4.69) is 15.6 Å². The Kier molecular flexibility index (Phi) is 6.01. The number of carbonyl (C=O) groups is 1. The van der Waals surface area contributed by atoms with Crippen molar-refractivity contribution in [3.05, 3.63) is 80.6 Å². The van der Waals surface area contributed by atoms with Crippen molar-refractivity contribution in [3.63, 3.8) is 0 Å². The van der Waals surface area contributed by atoms with Crippen LogP contribution in [0, 0.1) is 0 Å². The largest absolute Gasteiger partial charge is 0.506 e. The third kappa shape index (κ3) is 5.01. The van der Waals surface area contributed by atoms with Crippen LogP contribution >= 0.6 is 34.8 Å². The lowest BCUT2D eigenvalue weighted by Crippen LogP contribution is -2.18. The normalized spacial score (nSPS) is 11.1. The molecule has 0 aliphatic carbocycles. The first kappa shape index (κ1) is 19.2. The number of benzene rings is 2. The van der Waals surface area contributed by atoms with Crippen molar-refractivity contribution in [2.45, 2.75) is 6.54 Å². The Labute approximate surface area is 170 Å². The fraction of sp³-hybridized carbons (Fsp3) is 0.0556. The van der Waals surface area contributed by atoms with E-state index in [4.69, 9.17) is 34.8 Å². The molecular formula is C18H13Cl3N4O2. The number of phenolic OH excluding ortho intramolecular Hbond substituents is 1. The number of rotatable bonds is 5. The summed E-state index contributed by atoms with van der Waals surface area (Å²) in [6.07, 6.45) is 2.94. The summed E-state index contributed by atoms with van der Waals surface area (Å²) in [6.45, 7) is 0.503. The number of nitrogens with zero attached hydrogens (tertiary/aromatic N) is 3. The number of nitrogens with one attached hydrogen (secondary N) is 1. The van der Waals surface area contributed by atoms with E-state index in [-0.39, 0.29) is 22.0 Å². The predicted octanol–water partition coefficient (Wildman–Crippen LogP) is 4.36. The summed E-state index contributed by atoms with van der Waals surface area (Å²) in [5, 5.41) is 18.9. The lowest BCUT2D eigenvalue weighted by molar-refractivity contribution is 0.0949. The molecule has 0 saturated carbocycles. The summed E-state index contributed by atoms with van der Waals surface area (Å²) in [7, 11) is 0. The number of hydrazone groups is 1. The number of aromatic hydroxyl groups is 1. The molecule has 1 aromatic heterocycles. The molecule has 2 aromatic carbocycles. The molecule has 1 heterocycles. The van der Waals surface area contributed by atoms with Crippen LogP contribution in [0.3, 0.4) is 0 Å². The van der Waals surface area contributed by atoms with E-state index in [9.17, 15) is 9.90 Å². The smallest absolute Gasteiger partial charge is 0.291 e. The number of hydrogen-bond donors (Lipinski definition) is 2. The minimum Gasteiger partial charge on any atom is -0.506 e. The van der Waals surface area contributed by atoms with E-state index >= 15 is 0 Å². The maximum atomic E-state index is 12.1. The van der Waals surface area contributed by atoms with Gasteiger partial charge in [-0.3, -0.25) is 9.48 Å². The van der Waals surface area contributed by atoms with Crippen LogP contribution in [0.15, 0.2) is 53.8 Å². The van der Waals surface area contributed by atoms with Crippen molar-refractivity contribution in [2.24, 2.45) is 5.10 Å². The van der Waals surface area contributed by atoms with Gasteiger partial charge in [0.25, 0.3) is 5.91 Å². The second kappa shape index (κ2) is 8.43. The SMILES string of the molecule is O=C(N/N=C/c1cc(Cl)cc(Cl)c1O)c1ccn(Cc2ccc(Cl)cc2)n1. The maximum absolute atomic E-state index is 12.1. The average molecular weight is 424 g/mol. The summed E-state index contributed by atoms with van der Waals surface area (Å²) in [4.78, 5) is 12.1. The van der Waals surface area contributed by atoms with Crippen molar-refractivity contribution < 1.29 is 9.90 Å². The van der Waals surface area contributed by atoms with Gasteiger partial charge in [0.15, 0.2) is 5.69 Å². The van der Waals surface area contributed by atoms with Crippen LogP contribution in [0.2, 0.25) is 15.1 Å². The van der Waals surface area contributed by atoms with Crippen molar-refractivity contribution >= 4 is 46.9 Å². The number of halogens is 3. The van der Waals surface area contributed by atoms with Crippen LogP contribution in [0.5, 0.6) is 5.75 Å². The van der Waals surface area contributed by atoms with Crippen molar-refractivity contribution in [1.29, 1.82) is 0 Å². The van der Waals surface area contributed by atoms with Crippen LogP contribution in [0.1, 0.15) is 21.6 Å². The molecule has 27 heavy (non-hydrogen) atoms. The van der Waals surface area contributed by atoms with Gasteiger partial charge in [-0.15, -0.1) is 0 Å². The molecule has 0 fully saturated rings. The number of phenols is 1. The molecule has 0 bridgehead atoms. The lowest BCUT2D eigenvalue weighted by atomic mass is 10.2. The number of carbonyl (C=O) groups excluding carboxylic acids is 1. The first-order chi connectivity index (χ1) is 12.9. The highest BCUT2D eigenvalue weighted by atomic mass is 35.5. The van der Waals surface area contributed by atoms with Crippen molar-refractivity contribution in [3.8, 4) is 5.75 Å². The molecular weight excluding hydrogens is 411 g/mol. The van der Waals surface area contributed by atoms with Crippen molar-refractivity contribution in [1.82, 2.24) is 15.2 Å². The van der Waals surface area contributed by atoms with Gasteiger partial charge >= 0.3 is 0 Å². The zero-order valence-electron chi connectivity index (χ0n) is 13.7. The highest BCUT2D eigenvalue weighted by Gasteiger charge is 2.10. The number of amides is 1. The molecule has 0 radical (unpaired) electrons. The van der Waals surface area contributed by atoms with Crippen LogP contribution in [-0.2, 0) is 6.54 Å². The van der Waals surface area contributed by atoms with Gasteiger partial charge in [-0.05, 0) is 35.9 Å². The molecule has 2 N–H and O–H groups in total. The van der Waals surface area contributed by atoms with Gasteiger partial charge in [-0.25, -0.2) is 5.43 Å². The molecule has 0 unspecified atom stereocenters. The van der Waals surface area contributed by atoms with E-state index in [1.54, 1.807) is 29.1 Å². The minimum atomic E-state index is -0.492. The summed E-state index contributed by atoms with van der Waals surface area (Å²) in [5.41, 5.74) is 3.82. The van der Waals surface area contributed by atoms with E-state index < -0.39 is 5.91 Å². The Morgan fingerprint density at radius 1 is 1.15 bits per heavy atom. The van der Waals surface area contributed by atoms with Crippen LogP contribution < -0.4 is 5.43 Å². The lowest BCUT2D eigenvalue weighted by Gasteiger charge is -2.03. The zero-order valence-corrected chi connectivity index (χ0v) is 16.0. The molecule has 3 rings (SSSR count). The number of aromatic nitrogens is 2. The summed E-state index contributed by atoms with van der Waals surface area (Å²) >= 11 is 17.6. The first-order valence-corrected chi connectivity index (χ1v) is 8.85. The summed E-state index contributed by atoms with van der Waals surface area (Å²) < 4.78 is 1.63. The molecule has 1 amide bonds. The van der Waals surface area contributed by atoms with Gasteiger partial charge in [-0.1, -0.05) is 46.9 Å². The van der Waals surface area contributed by atoms with Gasteiger partial charge in [0, 0.05) is 21.8 Å². The summed E-state index contributed by atoms with van der Waals surface area (Å²) in [6, 6.07) is 11.8. The van der Waals surface area contributed by atoms with Crippen LogP contribution in [0.25, 0.3) is 0 Å². The molecule has 0 atom stereocenters. The molecule has 3 aromatic rings. The van der Waals surface area contributed by atoms with E-state index in [0.717, 1.165) is 5.56 Å². The third-order valence-electron chi connectivity index (χ3n) is 3.56. The van der Waals surface area contributed by atoms with Gasteiger partial charge in [0.1, 0.15) is 5.75 Å². The minimum absolute atomic E-state index is 0.0937. The second-order valence-electron chi connectivity index (χ2n) is 5.55. The number of hydrogen-bond acceptors (Lipinski definition) is 4. The highest BCUT2D eigenvalue weighted by Crippen LogP contribution is 2.29. The predicted molar refractivity (Wildman–Crippen MR) is 106 cm³/mol. The molecule has 138 valence electrons. The van der Waals surface area contributed by atoms with E-state index in [1.165, 1.54) is 18.3 Å². The van der Waals surface area contributed by atoms with Crippen molar-refractivity contribution in [2.75, 3.05) is 0 Å². The Morgan fingerprint density at radius 3 is 2.63 bits per heavy atom. The highest BCUT2D eigenvalue weighted by molar-refractivity contribution is 6.36. The zero-order chi connectivity index (χ0) is 19.4. The fourth-order valence-electron chi connectivity index (χ4n) is 2.25. The Morgan fingerprint density at radius 2 is 1.89 bits per heavy atom. The quantitative estimate of drug-likeness (QED) is 0.473. The Hall–Kier alpha value is -2.54. The monoisotopic (exact) mass is 422 g/mol. The van der Waals surface area contributed by atoms with Gasteiger partial charge in [0.2, 0.25) is 0 Å². The first-order valence-electron chi connectivity index (χ1n) is 7.71. The Balaban J connectivity index is 1.63. The molecule has 6 nitrogen and oxygen atoms in total. The molecule has 0 saturated heterocycles. The molecule has 0 aliphatic rings. The average Bonchev–Trinajstić information content (AvgIpc) is 3.09. The fourth-order valence-corrected chi connectivity index (χ4v) is 2.88. The Bertz CT molecular complexity index is 1000. The second-order valence-corrected chi connectivity index (χ2v) is 6.83.